The van der Waals surface area contributed by atoms with E-state index in [-0.39, 0.29) is 17.7 Å². The zero-order valence-corrected chi connectivity index (χ0v) is 15.5. The van der Waals surface area contributed by atoms with Crippen molar-refractivity contribution < 1.29 is 19.4 Å². The van der Waals surface area contributed by atoms with Crippen LogP contribution in [0.15, 0.2) is 12.1 Å². The van der Waals surface area contributed by atoms with Gasteiger partial charge < -0.3 is 19.5 Å². The third-order valence-corrected chi connectivity index (χ3v) is 7.01. The minimum Gasteiger partial charge on any atom is -0.493 e. The van der Waals surface area contributed by atoms with E-state index in [1.165, 1.54) is 5.56 Å². The molecule has 4 rings (SSSR count). The van der Waals surface area contributed by atoms with Gasteiger partial charge >= 0.3 is 0 Å². The highest BCUT2D eigenvalue weighted by molar-refractivity contribution is 5.83. The Labute approximate surface area is 148 Å². The van der Waals surface area contributed by atoms with E-state index in [0.29, 0.717) is 24.3 Å². The van der Waals surface area contributed by atoms with Crippen LogP contribution in [-0.2, 0) is 16.6 Å². The zero-order chi connectivity index (χ0) is 18.0. The van der Waals surface area contributed by atoms with Crippen LogP contribution in [0.1, 0.15) is 37.3 Å². The summed E-state index contributed by atoms with van der Waals surface area (Å²) >= 11 is 0. The molecule has 0 aromatic heterocycles. The Kier molecular flexibility index (Phi) is 3.68. The molecule has 25 heavy (non-hydrogen) atoms. The van der Waals surface area contributed by atoms with Gasteiger partial charge in [0.25, 0.3) is 0 Å². The summed E-state index contributed by atoms with van der Waals surface area (Å²) in [5.74, 6) is 1.51. The Balaban J connectivity index is 2.05. The number of nitrogens with zero attached hydrogens (tertiary/aromatic N) is 1. The van der Waals surface area contributed by atoms with Gasteiger partial charge in [0, 0.05) is 29.9 Å². The molecule has 2 fully saturated rings. The third kappa shape index (κ3) is 1.94. The summed E-state index contributed by atoms with van der Waals surface area (Å²) in [6, 6.07) is 4.03. The Morgan fingerprint density at radius 3 is 2.68 bits per heavy atom. The topological polar surface area (TPSA) is 59.0 Å². The van der Waals surface area contributed by atoms with Crippen molar-refractivity contribution in [3.8, 4) is 11.5 Å². The molecule has 1 aromatic rings. The minimum atomic E-state index is -0.930. The summed E-state index contributed by atoms with van der Waals surface area (Å²) in [6.07, 6.45) is 2.35. The Hall–Kier alpha value is -1.59. The van der Waals surface area contributed by atoms with E-state index in [1.807, 2.05) is 13.0 Å². The van der Waals surface area contributed by atoms with Crippen LogP contribution in [0, 0.1) is 5.92 Å². The van der Waals surface area contributed by atoms with E-state index in [1.54, 1.807) is 14.2 Å². The molecule has 1 unspecified atom stereocenters. The van der Waals surface area contributed by atoms with Gasteiger partial charge in [-0.05, 0) is 44.0 Å². The van der Waals surface area contributed by atoms with Crippen molar-refractivity contribution >= 4 is 5.78 Å². The highest BCUT2D eigenvalue weighted by atomic mass is 16.5. The number of fused-ring (bicyclic) bond motifs is 1. The van der Waals surface area contributed by atoms with Crippen molar-refractivity contribution in [1.29, 1.82) is 0 Å². The minimum absolute atomic E-state index is 0.0231. The van der Waals surface area contributed by atoms with Crippen molar-refractivity contribution in [3.05, 3.63) is 23.3 Å². The Morgan fingerprint density at radius 2 is 2.00 bits per heavy atom. The van der Waals surface area contributed by atoms with Gasteiger partial charge in [0.05, 0.1) is 19.8 Å². The van der Waals surface area contributed by atoms with Crippen molar-refractivity contribution in [1.82, 2.24) is 4.90 Å². The average Bonchev–Trinajstić information content (AvgIpc) is 2.58. The lowest BCUT2D eigenvalue weighted by molar-refractivity contribution is -0.191. The van der Waals surface area contributed by atoms with Gasteiger partial charge in [-0.1, -0.05) is 13.0 Å². The molecule has 0 amide bonds. The summed E-state index contributed by atoms with van der Waals surface area (Å²) in [5.41, 5.74) is 0.648. The van der Waals surface area contributed by atoms with Crippen LogP contribution in [0.25, 0.3) is 0 Å². The van der Waals surface area contributed by atoms with E-state index in [2.05, 4.69) is 18.0 Å². The molecule has 5 heteroatoms. The number of methoxy groups -OCH3 is 2. The predicted octanol–water partition coefficient (Wildman–Crippen LogP) is 1.93. The number of Topliss-reactive ketones (excluding diaryl/α,β-unsaturated/α-hetero) is 1. The molecule has 1 N–H and O–H groups in total. The molecule has 2 aliphatic carbocycles. The van der Waals surface area contributed by atoms with Crippen LogP contribution in [0.3, 0.4) is 0 Å². The van der Waals surface area contributed by atoms with Crippen molar-refractivity contribution in [2.24, 2.45) is 5.92 Å². The van der Waals surface area contributed by atoms with E-state index < -0.39 is 11.0 Å². The Morgan fingerprint density at radius 1 is 1.24 bits per heavy atom. The first-order valence-electron chi connectivity index (χ1n) is 9.07. The lowest BCUT2D eigenvalue weighted by atomic mass is 9.46. The molecule has 0 spiro atoms. The number of hydrogen-bond acceptors (Lipinski definition) is 5. The van der Waals surface area contributed by atoms with Crippen LogP contribution < -0.4 is 9.47 Å². The van der Waals surface area contributed by atoms with Crippen LogP contribution in [0.2, 0.25) is 0 Å². The number of rotatable bonds is 2. The average molecular weight is 345 g/mol. The number of carbonyl (C=O) groups excluding carboxylic acids is 1. The lowest BCUT2D eigenvalue weighted by Gasteiger charge is -2.65. The van der Waals surface area contributed by atoms with Gasteiger partial charge in [-0.25, -0.2) is 0 Å². The van der Waals surface area contributed by atoms with Crippen molar-refractivity contribution in [2.45, 2.75) is 49.7 Å². The molecular weight excluding hydrogens is 318 g/mol. The van der Waals surface area contributed by atoms with Crippen LogP contribution in [0.4, 0.5) is 0 Å². The molecule has 3 aliphatic rings. The fourth-order valence-corrected chi connectivity index (χ4v) is 5.91. The number of benzene rings is 1. The number of carbonyl (C=O) groups is 1. The van der Waals surface area contributed by atoms with Crippen LogP contribution in [0.5, 0.6) is 11.5 Å². The predicted molar refractivity (Wildman–Crippen MR) is 94.3 cm³/mol. The first kappa shape index (κ1) is 16.9. The summed E-state index contributed by atoms with van der Waals surface area (Å²) in [6.45, 7) is 2.89. The van der Waals surface area contributed by atoms with Crippen molar-refractivity contribution in [2.75, 3.05) is 27.8 Å². The van der Waals surface area contributed by atoms with Gasteiger partial charge in [0.15, 0.2) is 11.5 Å². The summed E-state index contributed by atoms with van der Waals surface area (Å²) in [7, 11) is 5.35. The fraction of sp³-hybridized carbons (Fsp3) is 0.650. The second-order valence-electron chi connectivity index (χ2n) is 8.01. The van der Waals surface area contributed by atoms with E-state index in [9.17, 15) is 9.90 Å². The van der Waals surface area contributed by atoms with Gasteiger partial charge in [-0.15, -0.1) is 0 Å². The zero-order valence-electron chi connectivity index (χ0n) is 15.5. The number of ketones is 1. The van der Waals surface area contributed by atoms with E-state index in [4.69, 9.17) is 9.47 Å². The van der Waals surface area contributed by atoms with Crippen LogP contribution in [-0.4, -0.2) is 55.2 Å². The molecule has 136 valence electrons. The van der Waals surface area contributed by atoms with Crippen LogP contribution >= 0.6 is 0 Å². The standard InChI is InChI=1S/C20H27NO4/c1-12-9-14(22)11-19-7-8-21(2)16(20(12,19)23)10-13-5-6-15(24-3)18(25-4)17(13)19/h5-6,12,16,23H,7-11H2,1-4H3/t12?,16-,19-,20-/m1/s1. The summed E-state index contributed by atoms with van der Waals surface area (Å²) in [4.78, 5) is 14.9. The molecule has 4 atom stereocenters. The maximum atomic E-state index is 12.6. The number of hydrogen-bond donors (Lipinski definition) is 1. The third-order valence-electron chi connectivity index (χ3n) is 7.01. The highest BCUT2D eigenvalue weighted by Crippen LogP contribution is 2.61. The largest absolute Gasteiger partial charge is 0.493 e. The molecule has 5 nitrogen and oxygen atoms in total. The quantitative estimate of drug-likeness (QED) is 0.888. The number of likely N-dealkylation sites (tertiary alicyclic amines) is 1. The maximum Gasteiger partial charge on any atom is 0.164 e. The Bertz CT molecular complexity index is 733. The van der Waals surface area contributed by atoms with E-state index in [0.717, 1.165) is 24.9 Å². The molecule has 1 aliphatic heterocycles. The SMILES string of the molecule is COc1ccc2c(c1OC)[C@]13CCN(C)[C@H](C2)[C@]1(O)C(C)CC(=O)C3. The molecule has 1 saturated heterocycles. The highest BCUT2D eigenvalue weighted by Gasteiger charge is 2.67. The lowest BCUT2D eigenvalue weighted by Crippen LogP contribution is -2.75. The smallest absolute Gasteiger partial charge is 0.164 e. The number of piperidine rings is 1. The van der Waals surface area contributed by atoms with E-state index >= 15 is 0 Å². The van der Waals surface area contributed by atoms with Gasteiger partial charge in [0.2, 0.25) is 0 Å². The molecule has 1 heterocycles. The molecule has 0 radical (unpaired) electrons. The van der Waals surface area contributed by atoms with Gasteiger partial charge in [-0.2, -0.15) is 0 Å². The molecular formula is C20H27NO4. The second-order valence-corrected chi connectivity index (χ2v) is 8.01. The summed E-state index contributed by atoms with van der Waals surface area (Å²) in [5, 5.41) is 12.1. The van der Waals surface area contributed by atoms with Gasteiger partial charge in [-0.3, -0.25) is 4.79 Å². The number of ether oxygens (including phenoxy) is 2. The molecule has 1 saturated carbocycles. The first-order valence-corrected chi connectivity index (χ1v) is 9.07. The summed E-state index contributed by atoms with van der Waals surface area (Å²) < 4.78 is 11.3. The maximum absolute atomic E-state index is 12.6. The first-order chi connectivity index (χ1) is 11.9. The number of likely N-dealkylation sites (N-methyl/N-ethyl adjacent to an activating group) is 1. The fourth-order valence-electron chi connectivity index (χ4n) is 5.91. The normalized spacial score (nSPS) is 37.2. The monoisotopic (exact) mass is 345 g/mol. The molecule has 1 aromatic carbocycles. The second kappa shape index (κ2) is 5.45. The molecule has 2 bridgehead atoms. The number of aliphatic hydroxyl groups is 1. The van der Waals surface area contributed by atoms with Crippen molar-refractivity contribution in [3.63, 3.8) is 0 Å². The van der Waals surface area contributed by atoms with Gasteiger partial charge in [0.1, 0.15) is 5.78 Å².